The second kappa shape index (κ2) is 9.08. The fraction of sp³-hybridized carbons (Fsp3) is 0.474. The van der Waals surface area contributed by atoms with Crippen LogP contribution in [0.15, 0.2) is 12.3 Å². The fourth-order valence-electron chi connectivity index (χ4n) is 3.23. The van der Waals surface area contributed by atoms with Crippen LogP contribution in [0.1, 0.15) is 52.1 Å². The van der Waals surface area contributed by atoms with E-state index in [2.05, 4.69) is 10.4 Å². The van der Waals surface area contributed by atoms with E-state index >= 15 is 0 Å². The van der Waals surface area contributed by atoms with Crippen LogP contribution in [0, 0.1) is 0 Å². The van der Waals surface area contributed by atoms with Crippen molar-refractivity contribution in [2.75, 3.05) is 25.1 Å². The van der Waals surface area contributed by atoms with E-state index in [1.54, 1.807) is 35.7 Å². The van der Waals surface area contributed by atoms with Crippen LogP contribution in [0.3, 0.4) is 0 Å². The lowest BCUT2D eigenvalue weighted by atomic mass is 10.0. The molecule has 3 rings (SSSR count). The molecule has 0 saturated carbocycles. The Bertz CT molecular complexity index is 920. The van der Waals surface area contributed by atoms with Gasteiger partial charge in [0.25, 0.3) is 5.91 Å². The topological polar surface area (TPSA) is 103 Å². The van der Waals surface area contributed by atoms with Gasteiger partial charge in [-0.2, -0.15) is 5.10 Å². The van der Waals surface area contributed by atoms with Crippen molar-refractivity contribution in [1.82, 2.24) is 14.7 Å². The molecule has 0 bridgehead atoms. The summed E-state index contributed by atoms with van der Waals surface area (Å²) >= 11 is 1.28. The maximum Gasteiger partial charge on any atom is 0.410 e. The van der Waals surface area contributed by atoms with E-state index in [9.17, 15) is 14.4 Å². The average Bonchev–Trinajstić information content (AvgIpc) is 3.31. The van der Waals surface area contributed by atoms with Gasteiger partial charge >= 0.3 is 12.1 Å². The molecule has 0 radical (unpaired) electrons. The van der Waals surface area contributed by atoms with Gasteiger partial charge in [0.15, 0.2) is 0 Å². The Labute approximate surface area is 172 Å². The van der Waals surface area contributed by atoms with Crippen LogP contribution < -0.4 is 5.32 Å². The highest BCUT2D eigenvalue weighted by molar-refractivity contribution is 7.17. The number of aryl methyl sites for hydroxylation is 1. The highest BCUT2D eigenvalue weighted by atomic mass is 32.1. The van der Waals surface area contributed by atoms with Crippen molar-refractivity contribution in [2.45, 2.75) is 40.3 Å². The van der Waals surface area contributed by atoms with E-state index in [0.29, 0.717) is 48.9 Å². The third kappa shape index (κ3) is 4.26. The van der Waals surface area contributed by atoms with Crippen molar-refractivity contribution in [1.29, 1.82) is 0 Å². The predicted octanol–water partition coefficient (Wildman–Crippen LogP) is 2.91. The van der Waals surface area contributed by atoms with Crippen molar-refractivity contribution in [2.24, 2.45) is 0 Å². The Balaban J connectivity index is 1.91. The molecule has 2 amide bonds. The Morgan fingerprint density at radius 2 is 1.97 bits per heavy atom. The van der Waals surface area contributed by atoms with Gasteiger partial charge in [-0.05, 0) is 38.8 Å². The highest BCUT2D eigenvalue weighted by Gasteiger charge is 2.31. The summed E-state index contributed by atoms with van der Waals surface area (Å²) in [6.45, 7) is 7.22. The molecule has 1 aliphatic rings. The fourth-order valence-corrected chi connectivity index (χ4v) is 4.47. The SMILES string of the molecule is CCOC(=O)c1c(NC(=O)c2ccnn2CC)sc2c1CCN(C(=O)OCC)C2. The molecule has 0 saturated heterocycles. The number of ether oxygens (including phenoxy) is 2. The molecule has 0 atom stereocenters. The van der Waals surface area contributed by atoms with Gasteiger partial charge in [0, 0.05) is 24.2 Å². The third-order valence-corrected chi connectivity index (χ3v) is 5.67. The van der Waals surface area contributed by atoms with Crippen molar-refractivity contribution in [3.8, 4) is 0 Å². The molecule has 1 N–H and O–H groups in total. The Kier molecular flexibility index (Phi) is 6.53. The summed E-state index contributed by atoms with van der Waals surface area (Å²) in [5.41, 5.74) is 1.58. The number of hydrogen-bond acceptors (Lipinski definition) is 7. The van der Waals surface area contributed by atoms with Crippen LogP contribution in [0.25, 0.3) is 0 Å². The van der Waals surface area contributed by atoms with Crippen LogP contribution >= 0.6 is 11.3 Å². The van der Waals surface area contributed by atoms with Gasteiger partial charge < -0.3 is 19.7 Å². The molecular weight excluding hydrogens is 396 g/mol. The van der Waals surface area contributed by atoms with Crippen molar-refractivity contribution in [3.63, 3.8) is 0 Å². The number of hydrogen-bond donors (Lipinski definition) is 1. The Morgan fingerprint density at radius 1 is 1.21 bits per heavy atom. The molecule has 10 heteroatoms. The zero-order valence-corrected chi connectivity index (χ0v) is 17.5. The molecule has 3 heterocycles. The van der Waals surface area contributed by atoms with E-state index < -0.39 is 5.97 Å². The molecule has 156 valence electrons. The number of rotatable bonds is 6. The summed E-state index contributed by atoms with van der Waals surface area (Å²) in [5.74, 6) is -0.829. The zero-order chi connectivity index (χ0) is 21.0. The lowest BCUT2D eigenvalue weighted by molar-refractivity contribution is 0.0526. The number of carbonyl (C=O) groups excluding carboxylic acids is 3. The average molecular weight is 420 g/mol. The molecule has 0 aromatic carbocycles. The number of thiophene rings is 1. The molecule has 0 aliphatic carbocycles. The molecule has 9 nitrogen and oxygen atoms in total. The van der Waals surface area contributed by atoms with Crippen molar-refractivity contribution in [3.05, 3.63) is 34.0 Å². The quantitative estimate of drug-likeness (QED) is 0.721. The second-order valence-electron chi connectivity index (χ2n) is 6.29. The number of nitrogens with one attached hydrogen (secondary N) is 1. The number of anilines is 1. The molecule has 29 heavy (non-hydrogen) atoms. The maximum atomic E-state index is 12.8. The highest BCUT2D eigenvalue weighted by Crippen LogP contribution is 2.38. The smallest absolute Gasteiger partial charge is 0.410 e. The van der Waals surface area contributed by atoms with Crippen LogP contribution in [0.2, 0.25) is 0 Å². The predicted molar refractivity (Wildman–Crippen MR) is 107 cm³/mol. The van der Waals surface area contributed by atoms with Gasteiger partial charge in [0.2, 0.25) is 0 Å². The normalized spacial score (nSPS) is 13.0. The molecule has 2 aromatic rings. The van der Waals surface area contributed by atoms with Crippen LogP contribution in [-0.2, 0) is 29.0 Å². The zero-order valence-electron chi connectivity index (χ0n) is 16.7. The van der Waals surface area contributed by atoms with E-state index in [4.69, 9.17) is 9.47 Å². The summed E-state index contributed by atoms with van der Waals surface area (Å²) in [5, 5.41) is 7.37. The van der Waals surface area contributed by atoms with Crippen LogP contribution in [0.5, 0.6) is 0 Å². The molecular formula is C19H24N4O5S. The van der Waals surface area contributed by atoms with Crippen molar-refractivity contribution >= 4 is 34.3 Å². The first kappa shape index (κ1) is 20.8. The summed E-state index contributed by atoms with van der Waals surface area (Å²) in [7, 11) is 0. The van der Waals surface area contributed by atoms with Crippen LogP contribution in [0.4, 0.5) is 9.80 Å². The summed E-state index contributed by atoms with van der Waals surface area (Å²) in [6.07, 6.45) is 1.66. The number of nitrogens with zero attached hydrogens (tertiary/aromatic N) is 3. The third-order valence-electron chi connectivity index (χ3n) is 4.54. The largest absolute Gasteiger partial charge is 0.462 e. The molecule has 0 unspecified atom stereocenters. The number of carbonyl (C=O) groups is 3. The van der Waals surface area contributed by atoms with Crippen LogP contribution in [-0.4, -0.2) is 52.4 Å². The van der Waals surface area contributed by atoms with Gasteiger partial charge in [-0.1, -0.05) is 0 Å². The first-order valence-corrected chi connectivity index (χ1v) is 10.4. The minimum absolute atomic E-state index is 0.231. The van der Waals surface area contributed by atoms with Gasteiger partial charge in [-0.25, -0.2) is 9.59 Å². The van der Waals surface area contributed by atoms with Crippen molar-refractivity contribution < 1.29 is 23.9 Å². The standard InChI is InChI=1S/C19H24N4O5S/c1-4-23-13(7-9-20-23)16(24)21-17-15(18(25)27-5-2)12-8-10-22(11-14(12)29-17)19(26)28-6-3/h7,9H,4-6,8,10-11H2,1-3H3,(H,21,24). The number of fused-ring (bicyclic) bond motifs is 1. The lowest BCUT2D eigenvalue weighted by Gasteiger charge is -2.26. The summed E-state index contributed by atoms with van der Waals surface area (Å²) in [4.78, 5) is 39.9. The van der Waals surface area contributed by atoms with E-state index in [-0.39, 0.29) is 18.6 Å². The Hall–Kier alpha value is -2.88. The minimum atomic E-state index is -0.478. The van der Waals surface area contributed by atoms with E-state index in [1.807, 2.05) is 6.92 Å². The number of esters is 1. The molecule has 1 aliphatic heterocycles. The number of aromatic nitrogens is 2. The molecule has 0 spiro atoms. The Morgan fingerprint density at radius 3 is 2.66 bits per heavy atom. The maximum absolute atomic E-state index is 12.8. The first-order valence-electron chi connectivity index (χ1n) is 9.56. The minimum Gasteiger partial charge on any atom is -0.462 e. The molecule has 0 fully saturated rings. The first-order chi connectivity index (χ1) is 14.0. The van der Waals surface area contributed by atoms with Gasteiger partial charge in [-0.15, -0.1) is 11.3 Å². The summed E-state index contributed by atoms with van der Waals surface area (Å²) < 4.78 is 11.9. The monoisotopic (exact) mass is 420 g/mol. The van der Waals surface area contributed by atoms with E-state index in [0.717, 1.165) is 10.4 Å². The lowest BCUT2D eigenvalue weighted by Crippen LogP contribution is -2.36. The van der Waals surface area contributed by atoms with Gasteiger partial charge in [0.05, 0.1) is 25.3 Å². The summed E-state index contributed by atoms with van der Waals surface area (Å²) in [6, 6.07) is 1.62. The van der Waals surface area contributed by atoms with E-state index in [1.165, 1.54) is 11.3 Å². The number of amides is 2. The molecule has 2 aromatic heterocycles. The van der Waals surface area contributed by atoms with Gasteiger partial charge in [0.1, 0.15) is 10.7 Å². The van der Waals surface area contributed by atoms with Gasteiger partial charge in [-0.3, -0.25) is 9.48 Å². The second-order valence-corrected chi connectivity index (χ2v) is 7.39.